The number of fused-ring (bicyclic) bond motifs is 3. The van der Waals surface area contributed by atoms with Crippen molar-refractivity contribution in [2.24, 2.45) is 5.10 Å². The monoisotopic (exact) mass is 482 g/mol. The minimum absolute atomic E-state index is 0.0779. The van der Waals surface area contributed by atoms with Gasteiger partial charge in [0.25, 0.3) is 0 Å². The molecule has 3 aromatic carbocycles. The highest BCUT2D eigenvalue weighted by Gasteiger charge is 2.41. The van der Waals surface area contributed by atoms with E-state index >= 15 is 0 Å². The molecular formula is C24H20BrClN2O2. The van der Waals surface area contributed by atoms with E-state index in [-0.39, 0.29) is 12.3 Å². The van der Waals surface area contributed by atoms with E-state index in [0.29, 0.717) is 11.6 Å². The second-order valence-corrected chi connectivity index (χ2v) is 8.60. The minimum atomic E-state index is -0.377. The van der Waals surface area contributed by atoms with E-state index in [1.165, 1.54) is 0 Å². The number of rotatable bonds is 4. The molecule has 2 atom stereocenters. The van der Waals surface area contributed by atoms with Crippen molar-refractivity contribution in [3.05, 3.63) is 92.9 Å². The molecule has 2 aliphatic rings. The van der Waals surface area contributed by atoms with Gasteiger partial charge in [-0.2, -0.15) is 5.10 Å². The van der Waals surface area contributed by atoms with E-state index in [2.05, 4.69) is 34.1 Å². The van der Waals surface area contributed by atoms with E-state index in [4.69, 9.17) is 26.2 Å². The first kappa shape index (κ1) is 19.5. The fourth-order valence-electron chi connectivity index (χ4n) is 4.02. The molecule has 0 aliphatic carbocycles. The Morgan fingerprint density at radius 2 is 1.90 bits per heavy atom. The van der Waals surface area contributed by atoms with Crippen molar-refractivity contribution in [2.75, 3.05) is 6.61 Å². The van der Waals surface area contributed by atoms with E-state index < -0.39 is 0 Å². The SMILES string of the molecule is CCOc1ccc(C2=NN3C(C2)c2cc(Br)ccc2OC3c2ccccc2Cl)cc1. The summed E-state index contributed by atoms with van der Waals surface area (Å²) in [5, 5.41) is 7.71. The van der Waals surface area contributed by atoms with Crippen molar-refractivity contribution in [3.8, 4) is 11.5 Å². The number of halogens is 2. The molecule has 0 fully saturated rings. The molecule has 5 rings (SSSR count). The van der Waals surface area contributed by atoms with E-state index in [1.54, 1.807) is 0 Å². The Kier molecular flexibility index (Phi) is 5.17. The summed E-state index contributed by atoms with van der Waals surface area (Å²) >= 11 is 10.1. The molecular weight excluding hydrogens is 464 g/mol. The molecule has 30 heavy (non-hydrogen) atoms. The predicted octanol–water partition coefficient (Wildman–Crippen LogP) is 6.74. The largest absolute Gasteiger partial charge is 0.494 e. The first-order chi connectivity index (χ1) is 14.6. The number of ether oxygens (including phenoxy) is 2. The van der Waals surface area contributed by atoms with Gasteiger partial charge >= 0.3 is 0 Å². The maximum atomic E-state index is 6.52. The van der Waals surface area contributed by atoms with Crippen LogP contribution in [0.3, 0.4) is 0 Å². The average molecular weight is 484 g/mol. The summed E-state index contributed by atoms with van der Waals surface area (Å²) in [5.74, 6) is 1.73. The van der Waals surface area contributed by atoms with Crippen LogP contribution >= 0.6 is 27.5 Å². The van der Waals surface area contributed by atoms with Crippen LogP contribution in [-0.4, -0.2) is 17.3 Å². The molecule has 4 nitrogen and oxygen atoms in total. The second-order valence-electron chi connectivity index (χ2n) is 7.28. The highest BCUT2D eigenvalue weighted by molar-refractivity contribution is 9.10. The lowest BCUT2D eigenvalue weighted by atomic mass is 9.96. The highest BCUT2D eigenvalue weighted by atomic mass is 79.9. The summed E-state index contributed by atoms with van der Waals surface area (Å²) in [6.45, 7) is 2.63. The maximum absolute atomic E-state index is 6.52. The number of hydrogen-bond donors (Lipinski definition) is 0. The van der Waals surface area contributed by atoms with E-state index in [9.17, 15) is 0 Å². The van der Waals surface area contributed by atoms with Crippen LogP contribution in [0, 0.1) is 0 Å². The normalized spacial score (nSPS) is 19.6. The van der Waals surface area contributed by atoms with E-state index in [1.807, 2.05) is 60.5 Å². The first-order valence-corrected chi connectivity index (χ1v) is 11.1. The van der Waals surface area contributed by atoms with Crippen LogP contribution in [0.4, 0.5) is 0 Å². The van der Waals surface area contributed by atoms with Crippen molar-refractivity contribution in [3.63, 3.8) is 0 Å². The molecule has 0 radical (unpaired) electrons. The molecule has 0 aromatic heterocycles. The van der Waals surface area contributed by atoms with Gasteiger partial charge in [0.2, 0.25) is 6.23 Å². The van der Waals surface area contributed by atoms with Gasteiger partial charge in [-0.1, -0.05) is 45.7 Å². The number of benzene rings is 3. The summed E-state index contributed by atoms with van der Waals surface area (Å²) in [6, 6.07) is 22.1. The van der Waals surface area contributed by atoms with Crippen molar-refractivity contribution in [1.29, 1.82) is 0 Å². The molecule has 0 bridgehead atoms. The third-order valence-electron chi connectivity index (χ3n) is 5.42. The van der Waals surface area contributed by atoms with Crippen LogP contribution in [-0.2, 0) is 0 Å². The average Bonchev–Trinajstić information content (AvgIpc) is 3.20. The number of hydrazone groups is 1. The zero-order valence-electron chi connectivity index (χ0n) is 16.4. The summed E-state index contributed by atoms with van der Waals surface area (Å²) in [4.78, 5) is 0. The van der Waals surface area contributed by atoms with Crippen molar-refractivity contribution in [1.82, 2.24) is 5.01 Å². The molecule has 0 N–H and O–H groups in total. The van der Waals surface area contributed by atoms with Gasteiger partial charge in [0.05, 0.1) is 18.4 Å². The fraction of sp³-hybridized carbons (Fsp3) is 0.208. The van der Waals surface area contributed by atoms with Gasteiger partial charge in [0.1, 0.15) is 11.5 Å². The Bertz CT molecular complexity index is 1120. The summed E-state index contributed by atoms with van der Waals surface area (Å²) in [6.07, 6.45) is 0.416. The van der Waals surface area contributed by atoms with Crippen molar-refractivity contribution < 1.29 is 9.47 Å². The smallest absolute Gasteiger partial charge is 0.215 e. The molecule has 0 spiro atoms. The molecule has 0 saturated carbocycles. The molecule has 152 valence electrons. The van der Waals surface area contributed by atoms with Gasteiger partial charge < -0.3 is 9.47 Å². The van der Waals surface area contributed by atoms with Gasteiger partial charge in [-0.05, 0) is 61.0 Å². The van der Waals surface area contributed by atoms with Crippen LogP contribution in [0.1, 0.15) is 42.3 Å². The molecule has 2 aliphatic heterocycles. The standard InChI is InChI=1S/C24H20BrClN2O2/c1-2-29-17-10-7-15(8-11-17)21-14-22-19-13-16(25)9-12-23(19)30-24(28(22)27-21)18-5-3-4-6-20(18)26/h3-13,22,24H,2,14H2,1H3. The topological polar surface area (TPSA) is 34.1 Å². The van der Waals surface area contributed by atoms with Gasteiger partial charge in [0.15, 0.2) is 0 Å². The van der Waals surface area contributed by atoms with Crippen LogP contribution < -0.4 is 9.47 Å². The Hall–Kier alpha value is -2.50. The summed E-state index contributed by atoms with van der Waals surface area (Å²) in [7, 11) is 0. The molecule has 3 aromatic rings. The summed E-state index contributed by atoms with van der Waals surface area (Å²) in [5.41, 5.74) is 4.14. The van der Waals surface area contributed by atoms with Crippen molar-refractivity contribution >= 4 is 33.2 Å². The van der Waals surface area contributed by atoms with Crippen LogP contribution in [0.2, 0.25) is 5.02 Å². The molecule has 6 heteroatoms. The molecule has 0 saturated heterocycles. The van der Waals surface area contributed by atoms with E-state index in [0.717, 1.165) is 44.8 Å². The molecule has 2 heterocycles. The fourth-order valence-corrected chi connectivity index (χ4v) is 4.63. The van der Waals surface area contributed by atoms with Crippen LogP contribution in [0.5, 0.6) is 11.5 Å². The number of nitrogens with zero attached hydrogens (tertiary/aromatic N) is 2. The summed E-state index contributed by atoms with van der Waals surface area (Å²) < 4.78 is 13.0. The highest BCUT2D eigenvalue weighted by Crippen LogP contribution is 2.49. The van der Waals surface area contributed by atoms with Gasteiger partial charge in [-0.25, -0.2) is 5.01 Å². The molecule has 0 amide bonds. The Morgan fingerprint density at radius 3 is 2.67 bits per heavy atom. The Labute approximate surface area is 189 Å². The maximum Gasteiger partial charge on any atom is 0.215 e. The molecule has 2 unspecified atom stereocenters. The lowest BCUT2D eigenvalue weighted by molar-refractivity contribution is -0.0190. The van der Waals surface area contributed by atoms with Crippen LogP contribution in [0.15, 0.2) is 76.3 Å². The Balaban J connectivity index is 1.56. The lowest BCUT2D eigenvalue weighted by Crippen LogP contribution is -2.33. The van der Waals surface area contributed by atoms with Gasteiger partial charge in [0, 0.05) is 27.0 Å². The third-order valence-corrected chi connectivity index (χ3v) is 6.26. The number of hydrogen-bond acceptors (Lipinski definition) is 4. The predicted molar refractivity (Wildman–Crippen MR) is 122 cm³/mol. The van der Waals surface area contributed by atoms with Crippen molar-refractivity contribution in [2.45, 2.75) is 25.6 Å². The quantitative estimate of drug-likeness (QED) is 0.412. The van der Waals surface area contributed by atoms with Crippen LogP contribution in [0.25, 0.3) is 0 Å². The third kappa shape index (κ3) is 3.46. The second kappa shape index (κ2) is 7.97. The minimum Gasteiger partial charge on any atom is -0.494 e. The Morgan fingerprint density at radius 1 is 1.10 bits per heavy atom. The van der Waals surface area contributed by atoms with Gasteiger partial charge in [-0.3, -0.25) is 0 Å². The zero-order valence-corrected chi connectivity index (χ0v) is 18.7. The zero-order chi connectivity index (χ0) is 20.7. The first-order valence-electron chi connectivity index (χ1n) is 9.93. The lowest BCUT2D eigenvalue weighted by Gasteiger charge is -2.38. The van der Waals surface area contributed by atoms with Gasteiger partial charge in [-0.15, -0.1) is 0 Å².